The van der Waals surface area contributed by atoms with Gasteiger partial charge in [-0.05, 0) is 29.3 Å². The largest absolute Gasteiger partial charge is 0.350 e. The number of amides is 1. The van der Waals surface area contributed by atoms with Gasteiger partial charge >= 0.3 is 0 Å². The standard InChI is InChI=1S/C26H22N4O/c31-26(21-11-5-4-10-20(21)18-8-2-1-3-9-18)29-15-19-16-30(24(19)17-29)25-14-27-22-12-6-7-13-23(22)28-25/h1-14,19,24H,15-17H2. The molecule has 5 heteroatoms. The molecule has 2 atom stereocenters. The molecule has 1 aromatic heterocycles. The van der Waals surface area contributed by atoms with Crippen molar-refractivity contribution in [3.05, 3.63) is 90.6 Å². The summed E-state index contributed by atoms with van der Waals surface area (Å²) in [7, 11) is 0. The first-order valence-electron chi connectivity index (χ1n) is 10.7. The van der Waals surface area contributed by atoms with Crippen LogP contribution in [0.5, 0.6) is 0 Å². The number of likely N-dealkylation sites (tertiary alicyclic amines) is 1. The molecule has 0 bridgehead atoms. The van der Waals surface area contributed by atoms with Crippen LogP contribution in [0.25, 0.3) is 22.2 Å². The van der Waals surface area contributed by atoms with Gasteiger partial charge in [0.2, 0.25) is 0 Å². The lowest BCUT2D eigenvalue weighted by Crippen LogP contribution is -2.56. The van der Waals surface area contributed by atoms with Gasteiger partial charge in [-0.2, -0.15) is 0 Å². The van der Waals surface area contributed by atoms with Gasteiger partial charge in [0.15, 0.2) is 0 Å². The molecule has 2 fully saturated rings. The van der Waals surface area contributed by atoms with Crippen LogP contribution in [-0.4, -0.2) is 46.5 Å². The van der Waals surface area contributed by atoms with Crippen LogP contribution in [0.4, 0.5) is 5.82 Å². The zero-order valence-electron chi connectivity index (χ0n) is 17.1. The molecule has 3 heterocycles. The van der Waals surface area contributed by atoms with Crippen LogP contribution in [0, 0.1) is 5.92 Å². The quantitative estimate of drug-likeness (QED) is 0.510. The van der Waals surface area contributed by atoms with Crippen LogP contribution in [0.2, 0.25) is 0 Å². The van der Waals surface area contributed by atoms with E-state index in [9.17, 15) is 4.79 Å². The van der Waals surface area contributed by atoms with E-state index in [4.69, 9.17) is 4.98 Å². The van der Waals surface area contributed by atoms with Crippen LogP contribution in [-0.2, 0) is 0 Å². The van der Waals surface area contributed by atoms with Gasteiger partial charge in [0, 0.05) is 31.1 Å². The van der Waals surface area contributed by atoms with E-state index in [1.165, 1.54) is 0 Å². The monoisotopic (exact) mass is 406 g/mol. The maximum absolute atomic E-state index is 13.5. The number of carbonyl (C=O) groups is 1. The van der Waals surface area contributed by atoms with Crippen molar-refractivity contribution in [2.24, 2.45) is 5.92 Å². The Labute approximate surface area is 181 Å². The maximum Gasteiger partial charge on any atom is 0.254 e. The summed E-state index contributed by atoms with van der Waals surface area (Å²) in [5, 5.41) is 0. The summed E-state index contributed by atoms with van der Waals surface area (Å²) < 4.78 is 0. The molecule has 4 aromatic rings. The van der Waals surface area contributed by atoms with Gasteiger partial charge in [0.1, 0.15) is 5.82 Å². The van der Waals surface area contributed by atoms with Crippen LogP contribution in [0.15, 0.2) is 85.1 Å². The highest BCUT2D eigenvalue weighted by molar-refractivity contribution is 6.01. The fourth-order valence-corrected chi connectivity index (χ4v) is 4.86. The Morgan fingerprint density at radius 2 is 1.55 bits per heavy atom. The van der Waals surface area contributed by atoms with Crippen molar-refractivity contribution in [2.45, 2.75) is 6.04 Å². The first-order valence-corrected chi connectivity index (χ1v) is 10.7. The highest BCUT2D eigenvalue weighted by atomic mass is 16.2. The number of para-hydroxylation sites is 2. The third-order valence-electron chi connectivity index (χ3n) is 6.50. The molecule has 0 N–H and O–H groups in total. The second kappa shape index (κ2) is 7.20. The normalized spacial score (nSPS) is 19.9. The van der Waals surface area contributed by atoms with Crippen LogP contribution < -0.4 is 4.90 Å². The lowest BCUT2D eigenvalue weighted by atomic mass is 9.92. The van der Waals surface area contributed by atoms with E-state index in [0.717, 1.165) is 53.2 Å². The maximum atomic E-state index is 13.5. The molecular formula is C26H22N4O. The Morgan fingerprint density at radius 3 is 2.42 bits per heavy atom. The van der Waals surface area contributed by atoms with E-state index in [2.05, 4.69) is 22.0 Å². The molecular weight excluding hydrogens is 384 g/mol. The lowest BCUT2D eigenvalue weighted by molar-refractivity contribution is 0.0790. The number of rotatable bonds is 3. The fourth-order valence-electron chi connectivity index (χ4n) is 4.86. The molecule has 1 amide bonds. The summed E-state index contributed by atoms with van der Waals surface area (Å²) in [5.41, 5.74) is 4.65. The molecule has 152 valence electrons. The average molecular weight is 406 g/mol. The van der Waals surface area contributed by atoms with Gasteiger partial charge in [0.05, 0.1) is 23.3 Å². The third-order valence-corrected chi connectivity index (χ3v) is 6.50. The van der Waals surface area contributed by atoms with Crippen molar-refractivity contribution in [3.8, 4) is 11.1 Å². The molecule has 0 saturated carbocycles. The summed E-state index contributed by atoms with van der Waals surface area (Å²) >= 11 is 0. The average Bonchev–Trinajstić information content (AvgIpc) is 3.15. The predicted molar refractivity (Wildman–Crippen MR) is 122 cm³/mol. The topological polar surface area (TPSA) is 49.3 Å². The van der Waals surface area contributed by atoms with Gasteiger partial charge in [-0.15, -0.1) is 0 Å². The molecule has 2 unspecified atom stereocenters. The van der Waals surface area contributed by atoms with E-state index in [1.807, 2.05) is 77.8 Å². The molecule has 2 saturated heterocycles. The first-order chi connectivity index (χ1) is 15.3. The summed E-state index contributed by atoms with van der Waals surface area (Å²) in [4.78, 5) is 27.1. The molecule has 0 spiro atoms. The van der Waals surface area contributed by atoms with Crippen LogP contribution >= 0.6 is 0 Å². The van der Waals surface area contributed by atoms with E-state index in [0.29, 0.717) is 12.0 Å². The van der Waals surface area contributed by atoms with Crippen LogP contribution in [0.3, 0.4) is 0 Å². The predicted octanol–water partition coefficient (Wildman–Crippen LogP) is 4.26. The number of aromatic nitrogens is 2. The van der Waals surface area contributed by atoms with Gasteiger partial charge < -0.3 is 9.80 Å². The fraction of sp³-hybridized carbons (Fsp3) is 0.192. The van der Waals surface area contributed by atoms with Crippen molar-refractivity contribution < 1.29 is 4.79 Å². The molecule has 5 nitrogen and oxygen atoms in total. The minimum atomic E-state index is 0.110. The molecule has 2 aliphatic rings. The molecule has 0 radical (unpaired) electrons. The van der Waals surface area contributed by atoms with Gasteiger partial charge in [-0.3, -0.25) is 9.78 Å². The second-order valence-corrected chi connectivity index (χ2v) is 8.32. The Bertz CT molecular complexity index is 1270. The molecule has 2 aliphatic heterocycles. The SMILES string of the molecule is O=C(c1ccccc1-c1ccccc1)N1CC2CN(c3cnc4ccccc4n3)C2C1. The number of anilines is 1. The zero-order valence-corrected chi connectivity index (χ0v) is 17.1. The highest BCUT2D eigenvalue weighted by Gasteiger charge is 2.47. The van der Waals surface area contributed by atoms with Gasteiger partial charge in [0.25, 0.3) is 5.91 Å². The molecule has 6 rings (SSSR count). The molecule has 3 aromatic carbocycles. The Morgan fingerprint density at radius 1 is 0.806 bits per heavy atom. The summed E-state index contributed by atoms with van der Waals surface area (Å²) in [6, 6.07) is 26.3. The van der Waals surface area contributed by atoms with E-state index in [1.54, 1.807) is 0 Å². The number of hydrogen-bond acceptors (Lipinski definition) is 4. The van der Waals surface area contributed by atoms with Crippen molar-refractivity contribution in [2.75, 3.05) is 24.5 Å². The summed E-state index contributed by atoms with van der Waals surface area (Å²) in [5.74, 6) is 1.50. The number of nitrogens with zero attached hydrogens (tertiary/aromatic N) is 4. The number of benzene rings is 3. The highest BCUT2D eigenvalue weighted by Crippen LogP contribution is 2.37. The molecule has 31 heavy (non-hydrogen) atoms. The minimum Gasteiger partial charge on any atom is -0.350 e. The zero-order chi connectivity index (χ0) is 20.8. The van der Waals surface area contributed by atoms with Gasteiger partial charge in [-0.25, -0.2) is 4.98 Å². The van der Waals surface area contributed by atoms with Gasteiger partial charge in [-0.1, -0.05) is 60.7 Å². The smallest absolute Gasteiger partial charge is 0.254 e. The first kappa shape index (κ1) is 18.1. The van der Waals surface area contributed by atoms with E-state index >= 15 is 0 Å². The third kappa shape index (κ3) is 3.05. The Kier molecular flexibility index (Phi) is 4.20. The number of hydrogen-bond donors (Lipinski definition) is 0. The van der Waals surface area contributed by atoms with Crippen molar-refractivity contribution in [3.63, 3.8) is 0 Å². The minimum absolute atomic E-state index is 0.110. The van der Waals surface area contributed by atoms with E-state index in [-0.39, 0.29) is 5.91 Å². The van der Waals surface area contributed by atoms with Crippen molar-refractivity contribution in [1.29, 1.82) is 0 Å². The summed E-state index contributed by atoms with van der Waals surface area (Å²) in [6.07, 6.45) is 1.85. The number of carbonyl (C=O) groups excluding carboxylic acids is 1. The van der Waals surface area contributed by atoms with Crippen molar-refractivity contribution in [1.82, 2.24) is 14.9 Å². The van der Waals surface area contributed by atoms with E-state index < -0.39 is 0 Å². The molecule has 0 aliphatic carbocycles. The second-order valence-electron chi connectivity index (χ2n) is 8.32. The Hall–Kier alpha value is -3.73. The lowest BCUT2D eigenvalue weighted by Gasteiger charge is -2.44. The summed E-state index contributed by atoms with van der Waals surface area (Å²) in [6.45, 7) is 2.44. The van der Waals surface area contributed by atoms with Crippen molar-refractivity contribution >= 4 is 22.8 Å². The number of fused-ring (bicyclic) bond motifs is 2. The van der Waals surface area contributed by atoms with Crippen LogP contribution in [0.1, 0.15) is 10.4 Å². The Balaban J connectivity index is 1.24.